The minimum Gasteiger partial charge on any atom is -0.504 e. The fraction of sp³-hybridized carbons (Fsp3) is 0.0556. The number of methoxy groups -OCH3 is 1. The van der Waals surface area contributed by atoms with Crippen LogP contribution in [0.1, 0.15) is 0 Å². The van der Waals surface area contributed by atoms with Crippen LogP contribution in [0.3, 0.4) is 0 Å². The van der Waals surface area contributed by atoms with E-state index in [0.717, 1.165) is 0 Å². The van der Waals surface area contributed by atoms with Crippen LogP contribution in [0.25, 0.3) is 17.1 Å². The second-order valence-electron chi connectivity index (χ2n) is 5.22. The van der Waals surface area contributed by atoms with Gasteiger partial charge in [0, 0.05) is 6.20 Å². The van der Waals surface area contributed by atoms with Gasteiger partial charge >= 0.3 is 0 Å². The Bertz CT molecular complexity index is 1050. The number of rotatable bonds is 4. The predicted molar refractivity (Wildman–Crippen MR) is 91.7 cm³/mol. The Morgan fingerprint density at radius 3 is 2.76 bits per heavy atom. The maximum absolute atomic E-state index is 10.1. The van der Waals surface area contributed by atoms with Gasteiger partial charge in [0.05, 0.1) is 13.4 Å². The molecule has 0 atom stereocenters. The highest BCUT2D eigenvalue weighted by atomic mass is 16.5. The fourth-order valence-electron chi connectivity index (χ4n) is 2.53. The zero-order valence-corrected chi connectivity index (χ0v) is 13.3. The number of aromatic nitrogens is 2. The van der Waals surface area contributed by atoms with Crippen LogP contribution < -0.4 is 4.74 Å². The summed E-state index contributed by atoms with van der Waals surface area (Å²) in [5.74, 6) is 1.65. The Hall–Kier alpha value is -3.61. The van der Waals surface area contributed by atoms with Crippen molar-refractivity contribution in [1.29, 1.82) is 0 Å². The van der Waals surface area contributed by atoms with Gasteiger partial charge in [-0.3, -0.25) is 4.40 Å². The van der Waals surface area contributed by atoms with E-state index in [-0.39, 0.29) is 5.75 Å². The summed E-state index contributed by atoms with van der Waals surface area (Å²) >= 11 is 0. The molecule has 1 N–H and O–H groups in total. The Balaban J connectivity index is 1.90. The van der Waals surface area contributed by atoms with E-state index in [1.165, 1.54) is 0 Å². The molecule has 0 fully saturated rings. The van der Waals surface area contributed by atoms with Crippen LogP contribution in [-0.2, 0) is 0 Å². The van der Waals surface area contributed by atoms with Gasteiger partial charge in [-0.15, -0.1) is 10.2 Å². The number of fused-ring (bicyclic) bond motifs is 1. The number of hydrogen-bond donors (Lipinski definition) is 1. The fourth-order valence-corrected chi connectivity index (χ4v) is 2.53. The van der Waals surface area contributed by atoms with Gasteiger partial charge in [-0.05, 0) is 36.4 Å². The summed E-state index contributed by atoms with van der Waals surface area (Å²) in [4.78, 5) is 4.44. The van der Waals surface area contributed by atoms with Gasteiger partial charge in [-0.25, -0.2) is 4.98 Å². The molecule has 0 amide bonds. The van der Waals surface area contributed by atoms with Crippen LogP contribution in [-0.4, -0.2) is 21.6 Å². The normalized spacial score (nSPS) is 11.4. The molecule has 0 aliphatic heterocycles. The molecule has 25 heavy (non-hydrogen) atoms. The van der Waals surface area contributed by atoms with E-state index in [0.29, 0.717) is 34.4 Å². The largest absolute Gasteiger partial charge is 0.504 e. The van der Waals surface area contributed by atoms with E-state index in [1.807, 2.05) is 18.2 Å². The van der Waals surface area contributed by atoms with Gasteiger partial charge in [0.1, 0.15) is 11.4 Å². The SMILES string of the molecule is COc1ccccc1N=Nc1c(-c2ccco2)nc2c(O)cccn12. The second-order valence-corrected chi connectivity index (χ2v) is 5.22. The number of para-hydroxylation sites is 1. The second kappa shape index (κ2) is 6.12. The molecule has 0 aliphatic rings. The van der Waals surface area contributed by atoms with Gasteiger partial charge < -0.3 is 14.3 Å². The highest BCUT2D eigenvalue weighted by molar-refractivity contribution is 5.73. The summed E-state index contributed by atoms with van der Waals surface area (Å²) in [6.45, 7) is 0. The maximum atomic E-state index is 10.1. The van der Waals surface area contributed by atoms with E-state index < -0.39 is 0 Å². The lowest BCUT2D eigenvalue weighted by molar-refractivity contribution is 0.416. The molecule has 3 heterocycles. The van der Waals surface area contributed by atoms with E-state index in [2.05, 4.69) is 15.2 Å². The number of nitrogens with zero attached hydrogens (tertiary/aromatic N) is 4. The monoisotopic (exact) mass is 334 g/mol. The van der Waals surface area contributed by atoms with E-state index in [1.54, 1.807) is 54.3 Å². The Labute approximate surface area is 142 Å². The standard InChI is InChI=1S/C18H14N4O3/c1-24-14-8-3-2-6-12(14)20-21-18-16(15-9-5-11-25-15)19-17-13(23)7-4-10-22(17)18/h2-11,23H,1H3. The number of aromatic hydroxyl groups is 1. The van der Waals surface area contributed by atoms with Crippen molar-refractivity contribution in [3.8, 4) is 23.0 Å². The number of azo groups is 1. The third-order valence-electron chi connectivity index (χ3n) is 3.70. The lowest BCUT2D eigenvalue weighted by Gasteiger charge is -2.02. The summed E-state index contributed by atoms with van der Waals surface area (Å²) < 4.78 is 12.4. The molecular formula is C18H14N4O3. The Morgan fingerprint density at radius 2 is 1.96 bits per heavy atom. The highest BCUT2D eigenvalue weighted by Gasteiger charge is 2.18. The van der Waals surface area contributed by atoms with Crippen molar-refractivity contribution >= 4 is 17.2 Å². The van der Waals surface area contributed by atoms with E-state index in [4.69, 9.17) is 9.15 Å². The van der Waals surface area contributed by atoms with Crippen LogP contribution in [0, 0.1) is 0 Å². The van der Waals surface area contributed by atoms with Gasteiger partial charge in [0.15, 0.2) is 28.7 Å². The van der Waals surface area contributed by atoms with Crippen molar-refractivity contribution in [1.82, 2.24) is 9.38 Å². The summed E-state index contributed by atoms with van der Waals surface area (Å²) in [7, 11) is 1.58. The zero-order valence-electron chi connectivity index (χ0n) is 13.3. The predicted octanol–water partition coefficient (Wildman–Crippen LogP) is 4.72. The zero-order chi connectivity index (χ0) is 17.2. The first-order valence-corrected chi connectivity index (χ1v) is 7.56. The van der Waals surface area contributed by atoms with Crippen LogP contribution in [0.2, 0.25) is 0 Å². The Morgan fingerprint density at radius 1 is 1.08 bits per heavy atom. The van der Waals surface area contributed by atoms with Crippen molar-refractivity contribution in [2.45, 2.75) is 0 Å². The lowest BCUT2D eigenvalue weighted by Crippen LogP contribution is -1.83. The number of furan rings is 1. The number of pyridine rings is 1. The molecule has 124 valence electrons. The maximum Gasteiger partial charge on any atom is 0.190 e. The lowest BCUT2D eigenvalue weighted by atomic mass is 10.3. The first-order chi connectivity index (χ1) is 12.3. The van der Waals surface area contributed by atoms with Crippen molar-refractivity contribution < 1.29 is 14.3 Å². The smallest absolute Gasteiger partial charge is 0.190 e. The molecule has 3 aromatic heterocycles. The third kappa shape index (κ3) is 2.61. The molecule has 0 spiro atoms. The average Bonchev–Trinajstić information content (AvgIpc) is 3.28. The molecule has 0 bridgehead atoms. The highest BCUT2D eigenvalue weighted by Crippen LogP contribution is 2.36. The first kappa shape index (κ1) is 14.9. The number of benzene rings is 1. The Kier molecular flexibility index (Phi) is 3.66. The van der Waals surface area contributed by atoms with Gasteiger partial charge in [-0.2, -0.15) is 0 Å². The number of ether oxygens (including phenoxy) is 1. The van der Waals surface area contributed by atoms with E-state index in [9.17, 15) is 5.11 Å². The van der Waals surface area contributed by atoms with E-state index >= 15 is 0 Å². The molecule has 0 saturated carbocycles. The molecule has 0 aliphatic carbocycles. The molecule has 7 heteroatoms. The molecule has 7 nitrogen and oxygen atoms in total. The minimum atomic E-state index is 0.0500. The average molecular weight is 334 g/mol. The topological polar surface area (TPSA) is 84.6 Å². The molecule has 1 aromatic carbocycles. The summed E-state index contributed by atoms with van der Waals surface area (Å²) in [6, 6.07) is 14.1. The number of hydrogen-bond acceptors (Lipinski definition) is 6. The summed E-state index contributed by atoms with van der Waals surface area (Å²) in [6.07, 6.45) is 3.31. The van der Waals surface area contributed by atoms with Gasteiger partial charge in [0.25, 0.3) is 0 Å². The number of imidazole rings is 1. The third-order valence-corrected chi connectivity index (χ3v) is 3.70. The van der Waals surface area contributed by atoms with Crippen molar-refractivity contribution in [2.24, 2.45) is 10.2 Å². The minimum absolute atomic E-state index is 0.0500. The molecular weight excluding hydrogens is 320 g/mol. The van der Waals surface area contributed by atoms with Crippen molar-refractivity contribution in [3.05, 3.63) is 61.0 Å². The van der Waals surface area contributed by atoms with Crippen LogP contribution in [0.4, 0.5) is 11.5 Å². The van der Waals surface area contributed by atoms with Crippen LogP contribution in [0.5, 0.6) is 11.5 Å². The van der Waals surface area contributed by atoms with Crippen molar-refractivity contribution in [3.63, 3.8) is 0 Å². The summed E-state index contributed by atoms with van der Waals surface area (Å²) in [5, 5.41) is 18.7. The molecule has 4 aromatic rings. The molecule has 0 unspecified atom stereocenters. The van der Waals surface area contributed by atoms with Crippen LogP contribution in [0.15, 0.2) is 75.6 Å². The summed E-state index contributed by atoms with van der Waals surface area (Å²) in [5.41, 5.74) is 1.46. The molecule has 4 rings (SSSR count). The quantitative estimate of drug-likeness (QED) is 0.547. The molecule has 0 saturated heterocycles. The first-order valence-electron chi connectivity index (χ1n) is 7.56. The van der Waals surface area contributed by atoms with Crippen molar-refractivity contribution in [2.75, 3.05) is 7.11 Å². The van der Waals surface area contributed by atoms with Crippen LogP contribution >= 0.6 is 0 Å². The molecule has 0 radical (unpaired) electrons. The van der Waals surface area contributed by atoms with Gasteiger partial charge in [0.2, 0.25) is 0 Å². The van der Waals surface area contributed by atoms with Gasteiger partial charge in [-0.1, -0.05) is 12.1 Å².